The van der Waals surface area contributed by atoms with Crippen LogP contribution >= 0.6 is 0 Å². The summed E-state index contributed by atoms with van der Waals surface area (Å²) in [7, 11) is 0. The first-order valence-electron chi connectivity index (χ1n) is 8.90. The van der Waals surface area contributed by atoms with Crippen LogP contribution in [0.15, 0.2) is 12.1 Å². The quantitative estimate of drug-likeness (QED) is 0.563. The van der Waals surface area contributed by atoms with Crippen molar-refractivity contribution in [2.45, 2.75) is 50.4 Å². The SMILES string of the molecule is CC[C@H]1Cc2c(F)cc(C(=O)NO)cc2CN1C[C@@]12CN[C@@H](CO1)C2. The molecule has 2 bridgehead atoms. The molecule has 2 saturated heterocycles. The Balaban J connectivity index is 1.61. The van der Waals surface area contributed by atoms with E-state index in [2.05, 4.69) is 17.1 Å². The third-order valence-electron chi connectivity index (χ3n) is 5.87. The number of hydrogen-bond donors (Lipinski definition) is 3. The van der Waals surface area contributed by atoms with Gasteiger partial charge in [-0.2, -0.15) is 0 Å². The van der Waals surface area contributed by atoms with Gasteiger partial charge in [0, 0.05) is 37.3 Å². The molecule has 3 atom stereocenters. The number of hydroxylamine groups is 1. The largest absolute Gasteiger partial charge is 0.371 e. The van der Waals surface area contributed by atoms with Gasteiger partial charge in [-0.1, -0.05) is 6.92 Å². The van der Waals surface area contributed by atoms with E-state index < -0.39 is 5.91 Å². The molecule has 0 radical (unpaired) electrons. The first-order chi connectivity index (χ1) is 12.0. The van der Waals surface area contributed by atoms with E-state index in [1.54, 1.807) is 11.5 Å². The van der Waals surface area contributed by atoms with Crippen LogP contribution < -0.4 is 10.8 Å². The van der Waals surface area contributed by atoms with Crippen molar-refractivity contribution in [3.05, 3.63) is 34.6 Å². The average Bonchev–Trinajstić information content (AvgIpc) is 3.20. The van der Waals surface area contributed by atoms with E-state index in [0.717, 1.165) is 38.1 Å². The van der Waals surface area contributed by atoms with Crippen LogP contribution in [0.4, 0.5) is 4.39 Å². The average molecular weight is 349 g/mol. The topological polar surface area (TPSA) is 73.8 Å². The molecular formula is C18H24FN3O3. The van der Waals surface area contributed by atoms with E-state index in [4.69, 9.17) is 9.94 Å². The van der Waals surface area contributed by atoms with E-state index in [1.807, 2.05) is 0 Å². The lowest BCUT2D eigenvalue weighted by molar-refractivity contribution is -0.0423. The zero-order chi connectivity index (χ0) is 17.6. The highest BCUT2D eigenvalue weighted by Crippen LogP contribution is 2.35. The minimum Gasteiger partial charge on any atom is -0.371 e. The molecule has 1 amide bonds. The second-order valence-electron chi connectivity index (χ2n) is 7.48. The van der Waals surface area contributed by atoms with Crippen molar-refractivity contribution >= 4 is 5.91 Å². The minimum atomic E-state index is -0.689. The number of amides is 1. The third kappa shape index (κ3) is 2.95. The molecule has 0 aromatic heterocycles. The summed E-state index contributed by atoms with van der Waals surface area (Å²) >= 11 is 0. The predicted octanol–water partition coefficient (Wildman–Crippen LogP) is 1.21. The summed E-state index contributed by atoms with van der Waals surface area (Å²) < 4.78 is 20.6. The van der Waals surface area contributed by atoms with Gasteiger partial charge in [0.25, 0.3) is 5.91 Å². The van der Waals surface area contributed by atoms with Gasteiger partial charge in [0.05, 0.1) is 12.2 Å². The zero-order valence-electron chi connectivity index (χ0n) is 14.3. The van der Waals surface area contributed by atoms with Gasteiger partial charge in [0.1, 0.15) is 5.82 Å². The van der Waals surface area contributed by atoms with E-state index in [9.17, 15) is 9.18 Å². The lowest BCUT2D eigenvalue weighted by Gasteiger charge is -2.41. The maximum atomic E-state index is 14.5. The second kappa shape index (κ2) is 6.32. The third-order valence-corrected chi connectivity index (χ3v) is 5.87. The summed E-state index contributed by atoms with van der Waals surface area (Å²) in [5.41, 5.74) is 3.08. The Bertz CT molecular complexity index is 688. The van der Waals surface area contributed by atoms with Gasteiger partial charge in [-0.25, -0.2) is 9.87 Å². The van der Waals surface area contributed by atoms with Crippen LogP contribution in [0.2, 0.25) is 0 Å². The Hall–Kier alpha value is -1.54. The highest BCUT2D eigenvalue weighted by atomic mass is 19.1. The van der Waals surface area contributed by atoms with Gasteiger partial charge in [0.2, 0.25) is 0 Å². The molecule has 1 aromatic rings. The van der Waals surface area contributed by atoms with Gasteiger partial charge in [-0.3, -0.25) is 14.9 Å². The lowest BCUT2D eigenvalue weighted by atomic mass is 9.89. The summed E-state index contributed by atoms with van der Waals surface area (Å²) in [5.74, 6) is -1.06. The van der Waals surface area contributed by atoms with Crippen LogP contribution in [0, 0.1) is 5.82 Å². The summed E-state index contributed by atoms with van der Waals surface area (Å²) in [6.07, 6.45) is 2.59. The number of nitrogens with zero attached hydrogens (tertiary/aromatic N) is 1. The smallest absolute Gasteiger partial charge is 0.274 e. The number of morpholine rings is 1. The fraction of sp³-hybridized carbons (Fsp3) is 0.611. The molecule has 3 heterocycles. The molecule has 3 N–H and O–H groups in total. The zero-order valence-corrected chi connectivity index (χ0v) is 14.3. The van der Waals surface area contributed by atoms with Gasteiger partial charge in [-0.15, -0.1) is 0 Å². The highest BCUT2D eigenvalue weighted by molar-refractivity contribution is 5.93. The van der Waals surface area contributed by atoms with Gasteiger partial charge in [0.15, 0.2) is 0 Å². The van der Waals surface area contributed by atoms with Crippen molar-refractivity contribution < 1.29 is 19.1 Å². The number of benzene rings is 1. The molecule has 0 aliphatic carbocycles. The van der Waals surface area contributed by atoms with Gasteiger partial charge >= 0.3 is 0 Å². The molecule has 3 aliphatic rings. The van der Waals surface area contributed by atoms with Crippen LogP contribution in [0.3, 0.4) is 0 Å². The van der Waals surface area contributed by atoms with E-state index in [-0.39, 0.29) is 23.0 Å². The Morgan fingerprint density at radius 1 is 1.56 bits per heavy atom. The number of carbonyl (C=O) groups excluding carboxylic acids is 1. The fourth-order valence-electron chi connectivity index (χ4n) is 4.52. The molecule has 1 aromatic carbocycles. The van der Waals surface area contributed by atoms with Crippen LogP contribution in [-0.4, -0.2) is 53.4 Å². The number of hydrogen-bond acceptors (Lipinski definition) is 5. The number of nitrogens with one attached hydrogen (secondary N) is 2. The Kier molecular flexibility index (Phi) is 4.27. The monoisotopic (exact) mass is 349 g/mol. The Morgan fingerprint density at radius 2 is 2.40 bits per heavy atom. The highest BCUT2D eigenvalue weighted by Gasteiger charge is 2.48. The molecule has 3 aliphatic heterocycles. The number of ether oxygens (including phenoxy) is 1. The van der Waals surface area contributed by atoms with E-state index in [0.29, 0.717) is 24.6 Å². The van der Waals surface area contributed by atoms with E-state index >= 15 is 0 Å². The first kappa shape index (κ1) is 16.9. The van der Waals surface area contributed by atoms with Gasteiger partial charge in [-0.05, 0) is 42.5 Å². The maximum Gasteiger partial charge on any atom is 0.274 e. The fourth-order valence-corrected chi connectivity index (χ4v) is 4.52. The summed E-state index contributed by atoms with van der Waals surface area (Å²) in [6, 6.07) is 3.61. The molecule has 0 unspecified atom stereocenters. The molecule has 7 heteroatoms. The standard InChI is InChI=1S/C18H24FN3O3/c1-2-14-5-15-12(3-11(4-16(15)19)17(23)21-24)7-22(14)10-18-6-13(8-25-18)20-9-18/h3-4,13-14,20,24H,2,5-10H2,1H3,(H,21,23)/t13-,14+,18-/m1/s1. The summed E-state index contributed by atoms with van der Waals surface area (Å²) in [6.45, 7) is 5.14. The van der Waals surface area contributed by atoms with Crippen molar-refractivity contribution in [2.24, 2.45) is 0 Å². The van der Waals surface area contributed by atoms with Crippen molar-refractivity contribution in [3.8, 4) is 0 Å². The van der Waals surface area contributed by atoms with Crippen LogP contribution in [0.1, 0.15) is 41.3 Å². The van der Waals surface area contributed by atoms with Crippen molar-refractivity contribution in [2.75, 3.05) is 19.7 Å². The van der Waals surface area contributed by atoms with Gasteiger partial charge < -0.3 is 10.1 Å². The summed E-state index contributed by atoms with van der Waals surface area (Å²) in [4.78, 5) is 14.0. The van der Waals surface area contributed by atoms with Crippen molar-refractivity contribution in [1.82, 2.24) is 15.7 Å². The lowest BCUT2D eigenvalue weighted by Crippen LogP contribution is -2.52. The predicted molar refractivity (Wildman–Crippen MR) is 88.9 cm³/mol. The molecule has 6 nitrogen and oxygen atoms in total. The number of halogens is 1. The molecule has 25 heavy (non-hydrogen) atoms. The minimum absolute atomic E-state index is 0.145. The Morgan fingerprint density at radius 3 is 3.00 bits per heavy atom. The molecule has 4 rings (SSSR count). The molecule has 2 fully saturated rings. The van der Waals surface area contributed by atoms with Crippen LogP contribution in [0.5, 0.6) is 0 Å². The normalized spacial score (nSPS) is 31.2. The van der Waals surface area contributed by atoms with Crippen LogP contribution in [-0.2, 0) is 17.7 Å². The molecule has 0 saturated carbocycles. The molecule has 136 valence electrons. The van der Waals surface area contributed by atoms with Crippen LogP contribution in [0.25, 0.3) is 0 Å². The molecular weight excluding hydrogens is 325 g/mol. The number of rotatable bonds is 4. The summed E-state index contributed by atoms with van der Waals surface area (Å²) in [5, 5.41) is 12.3. The number of fused-ring (bicyclic) bond motifs is 3. The number of carbonyl (C=O) groups is 1. The van der Waals surface area contributed by atoms with Crippen molar-refractivity contribution in [1.29, 1.82) is 0 Å². The molecule has 0 spiro atoms. The first-order valence-corrected chi connectivity index (χ1v) is 8.90. The maximum absolute atomic E-state index is 14.5. The Labute approximate surface area is 146 Å². The second-order valence-corrected chi connectivity index (χ2v) is 7.48. The van der Waals surface area contributed by atoms with E-state index in [1.165, 1.54) is 6.07 Å². The van der Waals surface area contributed by atoms with Crippen molar-refractivity contribution in [3.63, 3.8) is 0 Å².